The molecule has 0 bridgehead atoms. The van der Waals surface area contributed by atoms with Gasteiger partial charge in [-0.25, -0.2) is 0 Å². The monoisotopic (exact) mass is 378 g/mol. The second kappa shape index (κ2) is 12.8. The number of ether oxygens (including phenoxy) is 4. The number of nitrogens with one attached hydrogen (secondary N) is 1. The van der Waals surface area contributed by atoms with Crippen molar-refractivity contribution in [2.24, 2.45) is 5.11 Å². The number of hydrogen-bond acceptors (Lipinski definition) is 9. The first-order valence-electron chi connectivity index (χ1n) is 8.18. The average molecular weight is 378 g/mol. The Bertz CT molecular complexity index is 462. The molecule has 26 heavy (non-hydrogen) atoms. The SMILES string of the molecule is CC(=O)N[C@H]1C(OCCOCCOCCN=[N+]=[N-])O[C@H](CO)[C@@H](O)[C@@H]1O. The predicted molar refractivity (Wildman–Crippen MR) is 87.0 cm³/mol. The van der Waals surface area contributed by atoms with Crippen LogP contribution in [-0.4, -0.2) is 98.1 Å². The number of hydrogen-bond donors (Lipinski definition) is 4. The van der Waals surface area contributed by atoms with Gasteiger partial charge in [-0.15, -0.1) is 0 Å². The van der Waals surface area contributed by atoms with E-state index in [2.05, 4.69) is 15.3 Å². The van der Waals surface area contributed by atoms with Crippen molar-refractivity contribution in [3.05, 3.63) is 10.4 Å². The van der Waals surface area contributed by atoms with Gasteiger partial charge < -0.3 is 39.6 Å². The maximum absolute atomic E-state index is 11.3. The molecular weight excluding hydrogens is 352 g/mol. The molecule has 0 radical (unpaired) electrons. The number of rotatable bonds is 12. The van der Waals surface area contributed by atoms with Crippen LogP contribution >= 0.6 is 0 Å². The summed E-state index contributed by atoms with van der Waals surface area (Å²) in [5.41, 5.74) is 8.09. The number of amides is 1. The molecule has 150 valence electrons. The van der Waals surface area contributed by atoms with Gasteiger partial charge in [-0.2, -0.15) is 0 Å². The Hall–Kier alpha value is -1.50. The summed E-state index contributed by atoms with van der Waals surface area (Å²) in [6, 6.07) is -0.977. The van der Waals surface area contributed by atoms with Gasteiger partial charge in [0.2, 0.25) is 5.91 Å². The molecule has 0 aromatic carbocycles. The first kappa shape index (κ1) is 22.5. The molecule has 12 nitrogen and oxygen atoms in total. The van der Waals surface area contributed by atoms with Gasteiger partial charge in [-0.05, 0) is 5.53 Å². The minimum atomic E-state index is -1.35. The Morgan fingerprint density at radius 2 is 1.85 bits per heavy atom. The first-order chi connectivity index (χ1) is 12.5. The third kappa shape index (κ3) is 7.81. The summed E-state index contributed by atoms with van der Waals surface area (Å²) < 4.78 is 21.3. The number of aliphatic hydroxyl groups excluding tert-OH is 3. The van der Waals surface area contributed by atoms with E-state index in [0.717, 1.165) is 0 Å². The minimum Gasteiger partial charge on any atom is -0.394 e. The lowest BCUT2D eigenvalue weighted by Gasteiger charge is -2.42. The second-order valence-electron chi connectivity index (χ2n) is 5.48. The molecule has 1 heterocycles. The van der Waals surface area contributed by atoms with Gasteiger partial charge in [0.25, 0.3) is 0 Å². The first-order valence-corrected chi connectivity index (χ1v) is 8.18. The van der Waals surface area contributed by atoms with Gasteiger partial charge in [0, 0.05) is 18.4 Å². The lowest BCUT2D eigenvalue weighted by atomic mass is 9.97. The van der Waals surface area contributed by atoms with Crippen molar-refractivity contribution in [1.29, 1.82) is 0 Å². The fourth-order valence-corrected chi connectivity index (χ4v) is 2.31. The van der Waals surface area contributed by atoms with Crippen molar-refractivity contribution in [2.45, 2.75) is 37.6 Å². The molecule has 5 atom stereocenters. The highest BCUT2D eigenvalue weighted by atomic mass is 16.7. The zero-order valence-corrected chi connectivity index (χ0v) is 14.6. The minimum absolute atomic E-state index is 0.0977. The van der Waals surface area contributed by atoms with Crippen molar-refractivity contribution in [1.82, 2.24) is 5.32 Å². The third-order valence-corrected chi connectivity index (χ3v) is 3.53. The van der Waals surface area contributed by atoms with Crippen molar-refractivity contribution in [3.63, 3.8) is 0 Å². The maximum atomic E-state index is 11.3. The van der Waals surface area contributed by atoms with Gasteiger partial charge in [0.05, 0.1) is 39.6 Å². The van der Waals surface area contributed by atoms with E-state index in [1.54, 1.807) is 0 Å². The Balaban J connectivity index is 2.30. The van der Waals surface area contributed by atoms with Crippen LogP contribution in [0.25, 0.3) is 10.4 Å². The van der Waals surface area contributed by atoms with Crippen LogP contribution in [0, 0.1) is 0 Å². The van der Waals surface area contributed by atoms with Crippen LogP contribution in [0.2, 0.25) is 0 Å². The number of aliphatic hydroxyl groups is 3. The number of azide groups is 1. The maximum Gasteiger partial charge on any atom is 0.217 e. The van der Waals surface area contributed by atoms with E-state index in [0.29, 0.717) is 19.8 Å². The van der Waals surface area contributed by atoms with Crippen molar-refractivity contribution in [2.75, 3.05) is 46.2 Å². The van der Waals surface area contributed by atoms with Crippen molar-refractivity contribution >= 4 is 5.91 Å². The second-order valence-corrected chi connectivity index (χ2v) is 5.48. The highest BCUT2D eigenvalue weighted by molar-refractivity contribution is 5.73. The zero-order chi connectivity index (χ0) is 19.4. The molecule has 0 aliphatic carbocycles. The third-order valence-electron chi connectivity index (χ3n) is 3.53. The smallest absolute Gasteiger partial charge is 0.217 e. The molecule has 1 saturated heterocycles. The van der Waals surface area contributed by atoms with E-state index in [1.807, 2.05) is 0 Å². The highest BCUT2D eigenvalue weighted by Crippen LogP contribution is 2.22. The summed E-state index contributed by atoms with van der Waals surface area (Å²) >= 11 is 0. The molecule has 0 saturated carbocycles. The number of carbonyl (C=O) groups excluding carboxylic acids is 1. The van der Waals surface area contributed by atoms with Crippen molar-refractivity contribution in [3.8, 4) is 0 Å². The molecule has 1 fully saturated rings. The molecule has 1 amide bonds. The Kier molecular flexibility index (Phi) is 11.1. The Morgan fingerprint density at radius 1 is 1.19 bits per heavy atom. The van der Waals surface area contributed by atoms with E-state index < -0.39 is 43.2 Å². The lowest BCUT2D eigenvalue weighted by Crippen LogP contribution is -2.64. The fourth-order valence-electron chi connectivity index (χ4n) is 2.31. The summed E-state index contributed by atoms with van der Waals surface area (Å²) in [4.78, 5) is 13.9. The molecule has 1 aliphatic heterocycles. The molecule has 1 aliphatic rings. The molecule has 1 unspecified atom stereocenters. The molecular formula is C14H26N4O8. The van der Waals surface area contributed by atoms with E-state index in [-0.39, 0.29) is 19.8 Å². The van der Waals surface area contributed by atoms with Crippen LogP contribution in [0.3, 0.4) is 0 Å². The molecule has 1 rings (SSSR count). The van der Waals surface area contributed by atoms with E-state index in [4.69, 9.17) is 24.5 Å². The van der Waals surface area contributed by atoms with Gasteiger partial charge >= 0.3 is 0 Å². The van der Waals surface area contributed by atoms with E-state index in [9.17, 15) is 20.1 Å². The van der Waals surface area contributed by atoms with Crippen LogP contribution in [0.5, 0.6) is 0 Å². The summed E-state index contributed by atoms with van der Waals surface area (Å²) in [5.74, 6) is -0.421. The topological polar surface area (TPSA) is 175 Å². The van der Waals surface area contributed by atoms with Crippen LogP contribution < -0.4 is 5.32 Å². The predicted octanol–water partition coefficient (Wildman–Crippen LogP) is -1.71. The van der Waals surface area contributed by atoms with Gasteiger partial charge in [-0.1, -0.05) is 5.11 Å². The molecule has 0 spiro atoms. The highest BCUT2D eigenvalue weighted by Gasteiger charge is 2.45. The normalized spacial score (nSPS) is 28.4. The van der Waals surface area contributed by atoms with Crippen LogP contribution in [0.1, 0.15) is 6.92 Å². The van der Waals surface area contributed by atoms with Crippen LogP contribution in [0.4, 0.5) is 0 Å². The Labute approximate surface area is 150 Å². The quantitative estimate of drug-likeness (QED) is 0.134. The van der Waals surface area contributed by atoms with Gasteiger partial charge in [0.15, 0.2) is 6.29 Å². The van der Waals surface area contributed by atoms with E-state index in [1.165, 1.54) is 6.92 Å². The van der Waals surface area contributed by atoms with E-state index >= 15 is 0 Å². The molecule has 12 heteroatoms. The standard InChI is InChI=1S/C14H26N4O8/c1-9(20)17-11-13(22)12(21)10(8-19)26-14(11)25-7-6-24-5-4-23-3-2-16-18-15/h10-14,19,21-22H,2-8H2,1H3,(H,17,20)/t10-,11-,12-,13-,14?/m1/s1. The summed E-state index contributed by atoms with van der Waals surface area (Å²) in [5, 5.41) is 35.0. The van der Waals surface area contributed by atoms with Gasteiger partial charge in [-0.3, -0.25) is 4.79 Å². The average Bonchev–Trinajstić information content (AvgIpc) is 2.62. The zero-order valence-electron chi connectivity index (χ0n) is 14.6. The molecule has 0 aromatic heterocycles. The summed E-state index contributed by atoms with van der Waals surface area (Å²) in [6.45, 7) is 2.25. The summed E-state index contributed by atoms with van der Waals surface area (Å²) in [7, 11) is 0. The fraction of sp³-hybridized carbons (Fsp3) is 0.929. The van der Waals surface area contributed by atoms with Crippen LogP contribution in [0.15, 0.2) is 5.11 Å². The summed E-state index contributed by atoms with van der Waals surface area (Å²) in [6.07, 6.45) is -4.76. The van der Waals surface area contributed by atoms with Gasteiger partial charge in [0.1, 0.15) is 24.4 Å². The van der Waals surface area contributed by atoms with Crippen molar-refractivity contribution < 1.29 is 39.1 Å². The Morgan fingerprint density at radius 3 is 2.46 bits per heavy atom. The lowest BCUT2D eigenvalue weighted by molar-refractivity contribution is -0.272. The molecule has 4 N–H and O–H groups in total. The van der Waals surface area contributed by atoms with Crippen LogP contribution in [-0.2, 0) is 23.7 Å². The number of carbonyl (C=O) groups is 1. The molecule has 0 aromatic rings. The largest absolute Gasteiger partial charge is 0.394 e. The number of nitrogens with zero attached hydrogens (tertiary/aromatic N) is 3.